The zero-order valence-electron chi connectivity index (χ0n) is 15.6. The van der Waals surface area contributed by atoms with Gasteiger partial charge in [-0.25, -0.2) is 22.5 Å². The molecule has 4 N–H and O–H groups in total. The minimum atomic E-state index is -3.72. The minimum absolute atomic E-state index is 0.0144. The van der Waals surface area contributed by atoms with E-state index in [2.05, 4.69) is 15.0 Å². The van der Waals surface area contributed by atoms with Crippen LogP contribution < -0.4 is 15.8 Å². The first-order chi connectivity index (χ1) is 13.4. The molecule has 1 aliphatic rings. The van der Waals surface area contributed by atoms with Crippen molar-refractivity contribution in [1.29, 1.82) is 0 Å². The maximum absolute atomic E-state index is 13.2. The van der Waals surface area contributed by atoms with Crippen LogP contribution in [0.3, 0.4) is 0 Å². The van der Waals surface area contributed by atoms with Gasteiger partial charge in [0, 0.05) is 13.1 Å². The van der Waals surface area contributed by atoms with E-state index in [1.54, 1.807) is 30.3 Å². The molecular weight excluding hydrogens is 379 g/mol. The second kappa shape index (κ2) is 9.16. The summed E-state index contributed by atoms with van der Waals surface area (Å²) in [6.07, 6.45) is 3.73. The first-order valence-electron chi connectivity index (χ1n) is 9.29. The zero-order chi connectivity index (χ0) is 20.0. The highest BCUT2D eigenvalue weighted by Gasteiger charge is 2.17. The molecule has 2 aromatic rings. The number of benzene rings is 2. The summed E-state index contributed by atoms with van der Waals surface area (Å²) in [5, 5.41) is 3.11. The van der Waals surface area contributed by atoms with Gasteiger partial charge in [-0.05, 0) is 54.2 Å². The van der Waals surface area contributed by atoms with Crippen molar-refractivity contribution >= 4 is 16.0 Å². The summed E-state index contributed by atoms with van der Waals surface area (Å²) >= 11 is 0. The Hall–Kier alpha value is -2.45. The van der Waals surface area contributed by atoms with Gasteiger partial charge in [-0.2, -0.15) is 0 Å². The van der Waals surface area contributed by atoms with E-state index < -0.39 is 15.8 Å². The summed E-state index contributed by atoms with van der Waals surface area (Å²) < 4.78 is 40.8. The first kappa shape index (κ1) is 20.3. The Morgan fingerprint density at radius 3 is 2.61 bits per heavy atom. The summed E-state index contributed by atoms with van der Waals surface area (Å²) in [7, 11) is -3.72. The van der Waals surface area contributed by atoms with E-state index in [0.717, 1.165) is 12.1 Å². The molecule has 6 nitrogen and oxygen atoms in total. The molecule has 1 aliphatic carbocycles. The summed E-state index contributed by atoms with van der Waals surface area (Å²) in [6, 6.07) is 12.4. The molecule has 0 radical (unpaired) electrons. The van der Waals surface area contributed by atoms with Gasteiger partial charge < -0.3 is 11.1 Å². The van der Waals surface area contributed by atoms with Gasteiger partial charge in [0.15, 0.2) is 5.96 Å². The van der Waals surface area contributed by atoms with E-state index in [9.17, 15) is 12.8 Å². The molecule has 8 heteroatoms. The molecule has 0 aliphatic heterocycles. The smallest absolute Gasteiger partial charge is 0.240 e. The van der Waals surface area contributed by atoms with Gasteiger partial charge in [-0.1, -0.05) is 30.7 Å². The Bertz CT molecular complexity index is 943. The van der Waals surface area contributed by atoms with Crippen LogP contribution in [0.1, 0.15) is 30.4 Å². The molecule has 0 saturated heterocycles. The van der Waals surface area contributed by atoms with E-state index in [1.165, 1.54) is 37.5 Å². The average molecular weight is 405 g/mol. The zero-order valence-corrected chi connectivity index (χ0v) is 16.4. The van der Waals surface area contributed by atoms with Crippen LogP contribution in [0.2, 0.25) is 0 Å². The predicted octanol–water partition coefficient (Wildman–Crippen LogP) is 2.51. The van der Waals surface area contributed by atoms with Crippen LogP contribution in [0.5, 0.6) is 0 Å². The number of rotatable bonds is 8. The van der Waals surface area contributed by atoms with E-state index >= 15 is 0 Å². The van der Waals surface area contributed by atoms with E-state index in [-0.39, 0.29) is 18.0 Å². The number of hydrogen-bond acceptors (Lipinski definition) is 3. The number of guanidine groups is 1. The molecule has 0 aromatic heterocycles. The summed E-state index contributed by atoms with van der Waals surface area (Å²) in [4.78, 5) is 4.41. The molecule has 0 amide bonds. The molecule has 0 atom stereocenters. The van der Waals surface area contributed by atoms with Gasteiger partial charge in [0.2, 0.25) is 10.0 Å². The molecule has 1 saturated carbocycles. The second-order valence-electron chi connectivity index (χ2n) is 6.98. The maximum atomic E-state index is 13.2. The molecule has 150 valence electrons. The Balaban J connectivity index is 1.59. The van der Waals surface area contributed by atoms with E-state index in [1.807, 2.05) is 0 Å². The van der Waals surface area contributed by atoms with Crippen molar-refractivity contribution in [2.45, 2.75) is 37.2 Å². The largest absolute Gasteiger partial charge is 0.370 e. The lowest BCUT2D eigenvalue weighted by atomic mass is 9.85. The topological polar surface area (TPSA) is 96.6 Å². The fourth-order valence-electron chi connectivity index (χ4n) is 2.90. The van der Waals surface area contributed by atoms with Gasteiger partial charge in [0.25, 0.3) is 0 Å². The highest BCUT2D eigenvalue weighted by Crippen LogP contribution is 2.25. The van der Waals surface area contributed by atoms with Gasteiger partial charge in [0.1, 0.15) is 5.82 Å². The normalized spacial score (nSPS) is 15.2. The molecular formula is C20H25FN4O2S. The number of sulfonamides is 1. The minimum Gasteiger partial charge on any atom is -0.370 e. The molecule has 0 unspecified atom stereocenters. The standard InChI is InChI=1S/C20H25FN4O2S/c21-18-8-2-6-16(10-18)14-25-28(26,27)19-9-3-7-17(11-19)13-24-20(22)23-12-15-4-1-5-15/h2-3,6-11,15,25H,1,4-5,12-14H2,(H3,22,23,24). The monoisotopic (exact) mass is 404 g/mol. The number of hydrogen-bond donors (Lipinski definition) is 3. The Morgan fingerprint density at radius 2 is 1.89 bits per heavy atom. The Morgan fingerprint density at radius 1 is 1.14 bits per heavy atom. The van der Waals surface area contributed by atoms with Crippen molar-refractivity contribution in [2.75, 3.05) is 6.54 Å². The lowest BCUT2D eigenvalue weighted by Gasteiger charge is -2.25. The van der Waals surface area contributed by atoms with Crippen LogP contribution >= 0.6 is 0 Å². The van der Waals surface area contributed by atoms with Gasteiger partial charge in [-0.3, -0.25) is 0 Å². The summed E-state index contributed by atoms with van der Waals surface area (Å²) in [5.41, 5.74) is 7.16. The average Bonchev–Trinajstić information content (AvgIpc) is 2.64. The third-order valence-corrected chi connectivity index (χ3v) is 6.19. The fourth-order valence-corrected chi connectivity index (χ4v) is 3.99. The van der Waals surface area contributed by atoms with E-state index in [4.69, 9.17) is 5.73 Å². The quantitative estimate of drug-likeness (QED) is 0.465. The van der Waals surface area contributed by atoms with Crippen molar-refractivity contribution in [2.24, 2.45) is 16.6 Å². The van der Waals surface area contributed by atoms with E-state index in [0.29, 0.717) is 17.4 Å². The Kier molecular flexibility index (Phi) is 6.64. The number of nitrogens with zero attached hydrogens (tertiary/aromatic N) is 1. The predicted molar refractivity (Wildman–Crippen MR) is 108 cm³/mol. The molecule has 1 fully saturated rings. The van der Waals surface area contributed by atoms with Crippen LogP contribution in [0.15, 0.2) is 58.4 Å². The van der Waals surface area contributed by atoms with Gasteiger partial charge >= 0.3 is 0 Å². The van der Waals surface area contributed by atoms with Gasteiger partial charge in [0.05, 0.1) is 11.4 Å². The van der Waals surface area contributed by atoms with Crippen LogP contribution in [0.4, 0.5) is 4.39 Å². The van der Waals surface area contributed by atoms with Crippen molar-refractivity contribution < 1.29 is 12.8 Å². The van der Waals surface area contributed by atoms with Gasteiger partial charge in [-0.15, -0.1) is 0 Å². The second-order valence-corrected chi connectivity index (χ2v) is 8.75. The SMILES string of the molecule is NC(=NCc1cccc(S(=O)(=O)NCc2cccc(F)c2)c1)NCC1CCC1. The fraction of sp³-hybridized carbons (Fsp3) is 0.350. The molecule has 2 aromatic carbocycles. The molecule has 3 rings (SSSR count). The van der Waals surface area contributed by atoms with Crippen LogP contribution in [-0.2, 0) is 23.1 Å². The molecule has 0 spiro atoms. The summed E-state index contributed by atoms with van der Waals surface area (Å²) in [5.74, 6) is 0.635. The van der Waals surface area contributed by atoms with Crippen LogP contribution in [0, 0.1) is 11.7 Å². The van der Waals surface area contributed by atoms with Crippen molar-refractivity contribution in [3.05, 3.63) is 65.5 Å². The number of aliphatic imine (C=N–C) groups is 1. The molecule has 0 bridgehead atoms. The van der Waals surface area contributed by atoms with Crippen LogP contribution in [-0.4, -0.2) is 20.9 Å². The first-order valence-corrected chi connectivity index (χ1v) is 10.8. The van der Waals surface area contributed by atoms with Crippen LogP contribution in [0.25, 0.3) is 0 Å². The summed E-state index contributed by atoms with van der Waals surface area (Å²) in [6.45, 7) is 1.13. The third-order valence-electron chi connectivity index (χ3n) is 4.79. The highest BCUT2D eigenvalue weighted by molar-refractivity contribution is 7.89. The maximum Gasteiger partial charge on any atom is 0.240 e. The highest BCUT2D eigenvalue weighted by atomic mass is 32.2. The molecule has 0 heterocycles. The lowest BCUT2D eigenvalue weighted by Crippen LogP contribution is -2.37. The number of nitrogens with two attached hydrogens (primary N) is 1. The van der Waals surface area contributed by atoms with Crippen molar-refractivity contribution in [3.63, 3.8) is 0 Å². The molecule has 28 heavy (non-hydrogen) atoms. The van der Waals surface area contributed by atoms with Crippen molar-refractivity contribution in [1.82, 2.24) is 10.0 Å². The Labute approximate surface area is 165 Å². The lowest BCUT2D eigenvalue weighted by molar-refractivity contribution is 0.315. The number of nitrogens with one attached hydrogen (secondary N) is 2. The number of halogens is 1. The van der Waals surface area contributed by atoms with Crippen molar-refractivity contribution in [3.8, 4) is 0 Å². The third kappa shape index (κ3) is 5.77.